The van der Waals surface area contributed by atoms with Crippen molar-refractivity contribution in [2.24, 2.45) is 7.05 Å². The van der Waals surface area contributed by atoms with Gasteiger partial charge in [-0.05, 0) is 31.4 Å². The Bertz CT molecular complexity index is 929. The molecule has 7 nitrogen and oxygen atoms in total. The van der Waals surface area contributed by atoms with Crippen molar-refractivity contribution in [3.05, 3.63) is 65.8 Å². The first-order valence-electron chi connectivity index (χ1n) is 9.31. The number of carbonyl (C=O) groups excluding carboxylic acids is 1. The number of hydrogen-bond acceptors (Lipinski definition) is 4. The SMILES string of the molecule is Cc1nn(C)cc1C(=O)N1CCCC(c2nccn2Cc2cccnc2)C1. The maximum absolute atomic E-state index is 13.0. The molecule has 1 saturated heterocycles. The van der Waals surface area contributed by atoms with Crippen molar-refractivity contribution in [3.8, 4) is 0 Å². The smallest absolute Gasteiger partial charge is 0.257 e. The van der Waals surface area contributed by atoms with E-state index < -0.39 is 0 Å². The maximum atomic E-state index is 13.0. The molecule has 1 aliphatic rings. The van der Waals surface area contributed by atoms with Gasteiger partial charge in [0, 0.05) is 57.0 Å². The van der Waals surface area contributed by atoms with Gasteiger partial charge in [0.25, 0.3) is 5.91 Å². The van der Waals surface area contributed by atoms with E-state index >= 15 is 0 Å². The van der Waals surface area contributed by atoms with Crippen LogP contribution in [0.4, 0.5) is 0 Å². The van der Waals surface area contributed by atoms with Gasteiger partial charge in [0.05, 0.1) is 17.8 Å². The van der Waals surface area contributed by atoms with Crippen LogP contribution in [0, 0.1) is 6.92 Å². The van der Waals surface area contributed by atoms with Gasteiger partial charge in [-0.15, -0.1) is 0 Å². The van der Waals surface area contributed by atoms with Crippen molar-refractivity contribution < 1.29 is 4.79 Å². The van der Waals surface area contributed by atoms with Gasteiger partial charge in [-0.3, -0.25) is 14.5 Å². The molecule has 3 aromatic rings. The molecule has 0 aliphatic carbocycles. The van der Waals surface area contributed by atoms with Gasteiger partial charge in [-0.1, -0.05) is 6.07 Å². The normalized spacial score (nSPS) is 17.3. The van der Waals surface area contributed by atoms with Crippen molar-refractivity contribution in [1.82, 2.24) is 29.2 Å². The fourth-order valence-corrected chi connectivity index (χ4v) is 3.85. The molecule has 0 aromatic carbocycles. The van der Waals surface area contributed by atoms with Gasteiger partial charge in [-0.2, -0.15) is 5.10 Å². The molecule has 27 heavy (non-hydrogen) atoms. The van der Waals surface area contributed by atoms with Crippen LogP contribution in [0.15, 0.2) is 43.1 Å². The van der Waals surface area contributed by atoms with Crippen molar-refractivity contribution in [1.29, 1.82) is 0 Å². The molecule has 0 N–H and O–H groups in total. The molecule has 1 unspecified atom stereocenters. The van der Waals surface area contributed by atoms with Crippen LogP contribution < -0.4 is 0 Å². The van der Waals surface area contributed by atoms with Crippen LogP contribution in [0.1, 0.15) is 46.2 Å². The summed E-state index contributed by atoms with van der Waals surface area (Å²) in [5.74, 6) is 1.35. The van der Waals surface area contributed by atoms with E-state index in [1.807, 2.05) is 49.7 Å². The van der Waals surface area contributed by atoms with Gasteiger partial charge in [0.2, 0.25) is 0 Å². The lowest BCUT2D eigenvalue weighted by Gasteiger charge is -2.32. The Hall–Kier alpha value is -2.96. The highest BCUT2D eigenvalue weighted by Gasteiger charge is 2.29. The minimum Gasteiger partial charge on any atom is -0.338 e. The first kappa shape index (κ1) is 17.5. The number of likely N-dealkylation sites (tertiary alicyclic amines) is 1. The Morgan fingerprint density at radius 2 is 2.22 bits per heavy atom. The van der Waals surface area contributed by atoms with Crippen molar-refractivity contribution in [2.45, 2.75) is 32.2 Å². The molecule has 1 amide bonds. The van der Waals surface area contributed by atoms with Crippen LogP contribution in [0.3, 0.4) is 0 Å². The lowest BCUT2D eigenvalue weighted by atomic mass is 9.96. The molecule has 1 fully saturated rings. The molecule has 0 spiro atoms. The zero-order valence-corrected chi connectivity index (χ0v) is 15.7. The third-order valence-corrected chi connectivity index (χ3v) is 5.14. The molecule has 1 aliphatic heterocycles. The topological polar surface area (TPSA) is 68.8 Å². The zero-order valence-electron chi connectivity index (χ0n) is 15.7. The van der Waals surface area contributed by atoms with Crippen LogP contribution in [0.2, 0.25) is 0 Å². The summed E-state index contributed by atoms with van der Waals surface area (Å²) < 4.78 is 3.87. The van der Waals surface area contributed by atoms with Gasteiger partial charge >= 0.3 is 0 Å². The summed E-state index contributed by atoms with van der Waals surface area (Å²) in [7, 11) is 1.85. The number of nitrogens with zero attached hydrogens (tertiary/aromatic N) is 6. The molecule has 140 valence electrons. The molecule has 0 saturated carbocycles. The molecule has 0 bridgehead atoms. The van der Waals surface area contributed by atoms with E-state index in [0.717, 1.165) is 43.0 Å². The molecule has 7 heteroatoms. The second kappa shape index (κ2) is 7.34. The highest BCUT2D eigenvalue weighted by molar-refractivity contribution is 5.95. The van der Waals surface area contributed by atoms with E-state index in [1.165, 1.54) is 0 Å². The maximum Gasteiger partial charge on any atom is 0.257 e. The van der Waals surface area contributed by atoms with E-state index in [2.05, 4.69) is 25.7 Å². The summed E-state index contributed by atoms with van der Waals surface area (Å²) in [5.41, 5.74) is 2.62. The van der Waals surface area contributed by atoms with Crippen LogP contribution >= 0.6 is 0 Å². The predicted molar refractivity (Wildman–Crippen MR) is 101 cm³/mol. The van der Waals surface area contributed by atoms with Crippen LogP contribution in [-0.4, -0.2) is 48.2 Å². The Morgan fingerprint density at radius 3 is 2.96 bits per heavy atom. The summed E-state index contributed by atoms with van der Waals surface area (Å²) in [6.45, 7) is 4.11. The standard InChI is InChI=1S/C20H24N6O/c1-15-18(14-24(2)23-15)20(27)26-9-4-6-17(13-26)19-22-8-10-25(19)12-16-5-3-7-21-11-16/h3,5,7-8,10-11,14,17H,4,6,9,12-13H2,1-2H3. The molecular weight excluding hydrogens is 340 g/mol. The van der Waals surface area contributed by atoms with Crippen molar-refractivity contribution >= 4 is 5.91 Å². The van der Waals surface area contributed by atoms with Gasteiger partial charge in [0.1, 0.15) is 5.82 Å². The van der Waals surface area contributed by atoms with Crippen LogP contribution in [0.25, 0.3) is 0 Å². The lowest BCUT2D eigenvalue weighted by Crippen LogP contribution is -2.40. The number of aromatic nitrogens is 5. The third-order valence-electron chi connectivity index (χ3n) is 5.14. The number of aryl methyl sites for hydroxylation is 2. The average Bonchev–Trinajstić information content (AvgIpc) is 3.28. The third kappa shape index (κ3) is 3.63. The molecule has 4 rings (SSSR count). The molecule has 4 heterocycles. The number of hydrogen-bond donors (Lipinski definition) is 0. The molecule has 3 aromatic heterocycles. The summed E-state index contributed by atoms with van der Waals surface area (Å²) >= 11 is 0. The summed E-state index contributed by atoms with van der Waals surface area (Å²) in [6.07, 6.45) is 11.3. The number of carbonyl (C=O) groups is 1. The number of rotatable bonds is 4. The van der Waals surface area contributed by atoms with Crippen LogP contribution in [-0.2, 0) is 13.6 Å². The monoisotopic (exact) mass is 364 g/mol. The lowest BCUT2D eigenvalue weighted by molar-refractivity contribution is 0.0702. The van der Waals surface area contributed by atoms with E-state index in [4.69, 9.17) is 0 Å². The number of amides is 1. The predicted octanol–water partition coefficient (Wildman–Crippen LogP) is 2.39. The molecular formula is C20H24N6O. The summed E-state index contributed by atoms with van der Waals surface area (Å²) in [6, 6.07) is 4.02. The Labute approximate surface area is 158 Å². The number of pyridine rings is 1. The second-order valence-electron chi connectivity index (χ2n) is 7.17. The first-order chi connectivity index (χ1) is 13.1. The van der Waals surface area contributed by atoms with E-state index in [-0.39, 0.29) is 11.8 Å². The van der Waals surface area contributed by atoms with Gasteiger partial charge in [-0.25, -0.2) is 4.98 Å². The van der Waals surface area contributed by atoms with E-state index in [1.54, 1.807) is 10.9 Å². The highest BCUT2D eigenvalue weighted by atomic mass is 16.2. The van der Waals surface area contributed by atoms with Gasteiger partial charge < -0.3 is 9.47 Å². The zero-order chi connectivity index (χ0) is 18.8. The fourth-order valence-electron chi connectivity index (χ4n) is 3.85. The molecule has 0 radical (unpaired) electrons. The first-order valence-corrected chi connectivity index (χ1v) is 9.31. The Balaban J connectivity index is 1.51. The Kier molecular flexibility index (Phi) is 4.75. The fraction of sp³-hybridized carbons (Fsp3) is 0.400. The number of imidazole rings is 1. The largest absolute Gasteiger partial charge is 0.338 e. The Morgan fingerprint density at radius 1 is 1.33 bits per heavy atom. The van der Waals surface area contributed by atoms with Crippen molar-refractivity contribution in [3.63, 3.8) is 0 Å². The summed E-state index contributed by atoms with van der Waals surface area (Å²) in [4.78, 5) is 23.7. The van der Waals surface area contributed by atoms with Crippen molar-refractivity contribution in [2.75, 3.05) is 13.1 Å². The molecule has 1 atom stereocenters. The minimum absolute atomic E-state index is 0.0654. The highest BCUT2D eigenvalue weighted by Crippen LogP contribution is 2.27. The minimum atomic E-state index is 0.0654. The quantitative estimate of drug-likeness (QED) is 0.713. The van der Waals surface area contributed by atoms with Gasteiger partial charge in [0.15, 0.2) is 0 Å². The summed E-state index contributed by atoms with van der Waals surface area (Å²) in [5, 5.41) is 4.30. The van der Waals surface area contributed by atoms with E-state index in [0.29, 0.717) is 12.1 Å². The van der Waals surface area contributed by atoms with E-state index in [9.17, 15) is 4.79 Å². The number of piperidine rings is 1. The van der Waals surface area contributed by atoms with Crippen LogP contribution in [0.5, 0.6) is 0 Å². The average molecular weight is 364 g/mol. The second-order valence-corrected chi connectivity index (χ2v) is 7.17.